The van der Waals surface area contributed by atoms with Crippen LogP contribution in [0.3, 0.4) is 0 Å². The number of carbonyl (C=O) groups is 2. The molecule has 0 bridgehead atoms. The second-order valence-electron chi connectivity index (χ2n) is 12.3. The molecule has 0 fully saturated rings. The zero-order valence-electron chi connectivity index (χ0n) is 27.7. The van der Waals surface area contributed by atoms with E-state index in [1.54, 1.807) is 24.3 Å². The van der Waals surface area contributed by atoms with Crippen LogP contribution in [0.25, 0.3) is 0 Å². The van der Waals surface area contributed by atoms with E-state index in [-0.39, 0.29) is 24.6 Å². The standard InChI is InChI=1S/C36H48N4O6S/c1-5-26(11-10-12-27(23-41)40(22-21-24(2)3)47(44)28-19-17-25(37)18-20-28)38-35(42)34(39-36(43)45-4)33-29-13-6-8-15-31(29)46-32-16-9-7-14-30(32)33/h6-9,13-20,24,26-27,33-34,41H,5,10-12,21-23,37H2,1-4H3,(H,38,42)(H,39,43). The van der Waals surface area contributed by atoms with Crippen molar-refractivity contribution in [1.29, 1.82) is 0 Å². The van der Waals surface area contributed by atoms with Gasteiger partial charge in [0.15, 0.2) is 0 Å². The lowest BCUT2D eigenvalue weighted by atomic mass is 9.82. The van der Waals surface area contributed by atoms with Gasteiger partial charge in [-0.1, -0.05) is 57.2 Å². The Bertz CT molecular complexity index is 1460. The van der Waals surface area contributed by atoms with E-state index in [4.69, 9.17) is 15.2 Å². The van der Waals surface area contributed by atoms with Crippen LogP contribution >= 0.6 is 0 Å². The maximum Gasteiger partial charge on any atom is 0.407 e. The number of methoxy groups -OCH3 is 1. The van der Waals surface area contributed by atoms with Crippen molar-refractivity contribution in [3.05, 3.63) is 83.9 Å². The van der Waals surface area contributed by atoms with Gasteiger partial charge in [0.05, 0.1) is 18.6 Å². The largest absolute Gasteiger partial charge is 0.457 e. The van der Waals surface area contributed by atoms with E-state index in [0.29, 0.717) is 60.2 Å². The minimum atomic E-state index is -1.47. The lowest BCUT2D eigenvalue weighted by Crippen LogP contribution is -2.53. The highest BCUT2D eigenvalue weighted by Crippen LogP contribution is 2.45. The van der Waals surface area contributed by atoms with Crippen LogP contribution in [0.15, 0.2) is 77.7 Å². The number of ether oxygens (including phenoxy) is 2. The molecule has 3 aromatic carbocycles. The molecule has 47 heavy (non-hydrogen) atoms. The molecule has 11 heteroatoms. The van der Waals surface area contributed by atoms with Gasteiger partial charge in [0, 0.05) is 41.4 Å². The SMILES string of the molecule is CCC(CCCC(CO)N(CCC(C)C)S(=O)c1ccc(N)cc1)NC(=O)C(NC(=O)OC)C1c2ccccc2Oc2ccccc21. The van der Waals surface area contributed by atoms with E-state index in [1.165, 1.54) is 7.11 Å². The van der Waals surface area contributed by atoms with Crippen LogP contribution in [0.4, 0.5) is 10.5 Å². The summed E-state index contributed by atoms with van der Waals surface area (Å²) < 4.78 is 26.6. The van der Waals surface area contributed by atoms with E-state index in [9.17, 15) is 18.9 Å². The molecule has 3 aromatic rings. The minimum absolute atomic E-state index is 0.143. The number of para-hydroxylation sites is 2. The molecule has 254 valence electrons. The summed E-state index contributed by atoms with van der Waals surface area (Å²) in [5.41, 5.74) is 8.02. The Morgan fingerprint density at radius 1 is 0.957 bits per heavy atom. The highest BCUT2D eigenvalue weighted by molar-refractivity contribution is 7.82. The van der Waals surface area contributed by atoms with Gasteiger partial charge in [-0.3, -0.25) is 4.79 Å². The Labute approximate surface area is 280 Å². The summed E-state index contributed by atoms with van der Waals surface area (Å²) >= 11 is 0. The molecule has 0 aromatic heterocycles. The fourth-order valence-corrected chi connectivity index (χ4v) is 7.25. The summed E-state index contributed by atoms with van der Waals surface area (Å²) in [5, 5.41) is 16.4. The third-order valence-electron chi connectivity index (χ3n) is 8.57. The molecule has 1 aliphatic heterocycles. The van der Waals surface area contributed by atoms with E-state index in [0.717, 1.165) is 17.5 Å². The first-order valence-electron chi connectivity index (χ1n) is 16.3. The number of aliphatic hydroxyl groups is 1. The highest BCUT2D eigenvalue weighted by Gasteiger charge is 2.39. The summed E-state index contributed by atoms with van der Waals surface area (Å²) in [6, 6.07) is 20.5. The Kier molecular flexibility index (Phi) is 13.2. The van der Waals surface area contributed by atoms with Crippen LogP contribution in [0, 0.1) is 5.92 Å². The number of carbonyl (C=O) groups excluding carboxylic acids is 2. The molecule has 5 N–H and O–H groups in total. The summed E-state index contributed by atoms with van der Waals surface area (Å²) in [7, 11) is -0.196. The number of nitrogens with zero attached hydrogens (tertiary/aromatic N) is 1. The molecule has 4 unspecified atom stereocenters. The zero-order chi connectivity index (χ0) is 33.9. The third-order valence-corrected chi connectivity index (χ3v) is 10.2. The number of rotatable bonds is 16. The number of alkyl carbamates (subject to hydrolysis) is 1. The molecule has 2 amide bonds. The maximum absolute atomic E-state index is 14.0. The van der Waals surface area contributed by atoms with E-state index >= 15 is 0 Å². The number of nitrogens with two attached hydrogens (primary N) is 1. The van der Waals surface area contributed by atoms with Gasteiger partial charge in [-0.25, -0.2) is 13.3 Å². The first-order chi connectivity index (χ1) is 22.7. The lowest BCUT2D eigenvalue weighted by molar-refractivity contribution is -0.124. The molecule has 4 atom stereocenters. The van der Waals surface area contributed by atoms with Gasteiger partial charge in [-0.05, 0) is 74.4 Å². The summed E-state index contributed by atoms with van der Waals surface area (Å²) in [6.07, 6.45) is 2.69. The average molecular weight is 665 g/mol. The second kappa shape index (κ2) is 17.3. The minimum Gasteiger partial charge on any atom is -0.457 e. The topological polar surface area (TPSA) is 143 Å². The van der Waals surface area contributed by atoms with Crippen LogP contribution < -0.4 is 21.1 Å². The molecule has 0 spiro atoms. The van der Waals surface area contributed by atoms with Crippen molar-refractivity contribution < 1.29 is 28.4 Å². The molecule has 10 nitrogen and oxygen atoms in total. The predicted octanol–water partition coefficient (Wildman–Crippen LogP) is 5.73. The average Bonchev–Trinajstić information content (AvgIpc) is 3.08. The fourth-order valence-electron chi connectivity index (χ4n) is 5.89. The number of hydrogen-bond acceptors (Lipinski definition) is 7. The van der Waals surface area contributed by atoms with Crippen molar-refractivity contribution in [2.45, 2.75) is 81.8 Å². The first kappa shape index (κ1) is 35.9. The summed E-state index contributed by atoms with van der Waals surface area (Å²) in [4.78, 5) is 27.2. The van der Waals surface area contributed by atoms with Crippen molar-refractivity contribution in [2.75, 3.05) is 26.0 Å². The number of amides is 2. The second-order valence-corrected chi connectivity index (χ2v) is 13.7. The van der Waals surface area contributed by atoms with Crippen molar-refractivity contribution >= 4 is 28.7 Å². The Morgan fingerprint density at radius 3 is 2.13 bits per heavy atom. The summed E-state index contributed by atoms with van der Waals surface area (Å²) in [6.45, 7) is 6.67. The van der Waals surface area contributed by atoms with Crippen LogP contribution in [0.1, 0.15) is 69.9 Å². The van der Waals surface area contributed by atoms with Gasteiger partial charge >= 0.3 is 6.09 Å². The van der Waals surface area contributed by atoms with E-state index < -0.39 is 29.0 Å². The lowest BCUT2D eigenvalue weighted by Gasteiger charge is -2.34. The third kappa shape index (κ3) is 9.33. The predicted molar refractivity (Wildman–Crippen MR) is 184 cm³/mol. The number of hydrogen-bond donors (Lipinski definition) is 4. The zero-order valence-corrected chi connectivity index (χ0v) is 28.5. The molecule has 4 rings (SSSR count). The number of anilines is 1. The van der Waals surface area contributed by atoms with Gasteiger partial charge in [0.1, 0.15) is 28.5 Å². The van der Waals surface area contributed by atoms with Crippen molar-refractivity contribution in [2.24, 2.45) is 5.92 Å². The Balaban J connectivity index is 1.49. The van der Waals surface area contributed by atoms with Gasteiger partial charge in [-0.2, -0.15) is 0 Å². The normalized spacial score (nSPS) is 15.1. The first-order valence-corrected chi connectivity index (χ1v) is 17.4. The number of fused-ring (bicyclic) bond motifs is 2. The number of nitrogen functional groups attached to an aromatic ring is 1. The van der Waals surface area contributed by atoms with Crippen LogP contribution in [0.5, 0.6) is 11.5 Å². The van der Waals surface area contributed by atoms with Gasteiger partial charge in [0.25, 0.3) is 0 Å². The van der Waals surface area contributed by atoms with Crippen molar-refractivity contribution in [3.8, 4) is 11.5 Å². The molecular weight excluding hydrogens is 616 g/mol. The molecular formula is C36H48N4O6S. The maximum atomic E-state index is 14.0. The highest BCUT2D eigenvalue weighted by atomic mass is 32.2. The number of aliphatic hydroxyl groups excluding tert-OH is 1. The smallest absolute Gasteiger partial charge is 0.407 e. The van der Waals surface area contributed by atoms with Crippen LogP contribution in [-0.4, -0.2) is 64.0 Å². The molecule has 0 saturated carbocycles. The molecule has 0 radical (unpaired) electrons. The van der Waals surface area contributed by atoms with Gasteiger partial charge in [-0.15, -0.1) is 0 Å². The number of benzene rings is 3. The quantitative estimate of drug-likeness (QED) is 0.143. The van der Waals surface area contributed by atoms with E-state index in [1.807, 2.05) is 59.8 Å². The molecule has 0 aliphatic carbocycles. The molecule has 1 aliphatic rings. The Morgan fingerprint density at radius 2 is 1.57 bits per heavy atom. The molecule has 1 heterocycles. The fraction of sp³-hybridized carbons (Fsp3) is 0.444. The molecule has 0 saturated heterocycles. The monoisotopic (exact) mass is 664 g/mol. The Hall–Kier alpha value is -3.93. The van der Waals surface area contributed by atoms with E-state index in [2.05, 4.69) is 24.5 Å². The number of nitrogens with one attached hydrogen (secondary N) is 2. The van der Waals surface area contributed by atoms with Crippen LogP contribution in [-0.2, 0) is 20.5 Å². The van der Waals surface area contributed by atoms with Crippen LogP contribution in [0.2, 0.25) is 0 Å². The van der Waals surface area contributed by atoms with Gasteiger partial charge in [0.2, 0.25) is 5.91 Å². The summed E-state index contributed by atoms with van der Waals surface area (Å²) in [5.74, 6) is 0.813. The van der Waals surface area contributed by atoms with Crippen molar-refractivity contribution in [3.63, 3.8) is 0 Å². The van der Waals surface area contributed by atoms with Crippen molar-refractivity contribution in [1.82, 2.24) is 14.9 Å². The van der Waals surface area contributed by atoms with Gasteiger partial charge < -0.3 is 30.9 Å².